The molecule has 1 saturated heterocycles. The maximum absolute atomic E-state index is 12.8. The van der Waals surface area contributed by atoms with E-state index in [9.17, 15) is 9.59 Å². The minimum absolute atomic E-state index is 0.00165. The average molecular weight is 366 g/mol. The van der Waals surface area contributed by atoms with Crippen molar-refractivity contribution in [3.8, 4) is 0 Å². The van der Waals surface area contributed by atoms with E-state index in [1.54, 1.807) is 24.5 Å². The third kappa shape index (κ3) is 3.49. The van der Waals surface area contributed by atoms with E-state index in [4.69, 9.17) is 0 Å². The lowest BCUT2D eigenvalue weighted by Gasteiger charge is -2.34. The molecule has 0 aliphatic carbocycles. The summed E-state index contributed by atoms with van der Waals surface area (Å²) in [7, 11) is 0. The van der Waals surface area contributed by atoms with Crippen LogP contribution in [0.1, 0.15) is 20.0 Å². The minimum Gasteiger partial charge on any atom is -0.336 e. The Morgan fingerprint density at radius 2 is 1.77 bits per heavy atom. The molecule has 7 heteroatoms. The van der Waals surface area contributed by atoms with Crippen LogP contribution in [-0.4, -0.2) is 64.2 Å². The van der Waals surface area contributed by atoms with Gasteiger partial charge in [-0.3, -0.25) is 24.5 Å². The number of fused-ring (bicyclic) bond motifs is 1. The second-order valence-corrected chi connectivity index (χ2v) is 7.18. The normalized spacial score (nSPS) is 15.3. The molecule has 1 aliphatic heterocycles. The number of benzene rings is 1. The van der Waals surface area contributed by atoms with Crippen LogP contribution >= 0.6 is 11.3 Å². The standard InChI is InChI=1S/C19H18N4O2S/c24-17(18-2-1-11-26-18)13-22-7-9-23(10-8-22)19(25)14-3-4-15-16(12-14)21-6-5-20-15/h1-6,11-12H,7-10,13H2. The Labute approximate surface area is 155 Å². The summed E-state index contributed by atoms with van der Waals surface area (Å²) in [5.41, 5.74) is 2.13. The molecule has 0 unspecified atom stereocenters. The molecule has 2 aromatic heterocycles. The third-order valence-electron chi connectivity index (χ3n) is 4.54. The zero-order valence-electron chi connectivity index (χ0n) is 14.2. The third-order valence-corrected chi connectivity index (χ3v) is 5.45. The van der Waals surface area contributed by atoms with E-state index in [1.807, 2.05) is 28.5 Å². The van der Waals surface area contributed by atoms with Gasteiger partial charge in [-0.25, -0.2) is 0 Å². The highest BCUT2D eigenvalue weighted by Crippen LogP contribution is 2.15. The van der Waals surface area contributed by atoms with Crippen LogP contribution in [0, 0.1) is 0 Å². The van der Waals surface area contributed by atoms with Crippen molar-refractivity contribution in [2.75, 3.05) is 32.7 Å². The van der Waals surface area contributed by atoms with Crippen LogP contribution in [0.5, 0.6) is 0 Å². The van der Waals surface area contributed by atoms with Crippen molar-refractivity contribution in [1.82, 2.24) is 19.8 Å². The number of carbonyl (C=O) groups is 2. The first kappa shape index (κ1) is 16.8. The van der Waals surface area contributed by atoms with E-state index in [1.165, 1.54) is 11.3 Å². The number of aromatic nitrogens is 2. The van der Waals surface area contributed by atoms with Crippen LogP contribution in [0.2, 0.25) is 0 Å². The summed E-state index contributed by atoms with van der Waals surface area (Å²) in [5, 5.41) is 1.91. The van der Waals surface area contributed by atoms with Gasteiger partial charge in [0.25, 0.3) is 5.91 Å². The topological polar surface area (TPSA) is 66.4 Å². The van der Waals surface area contributed by atoms with E-state index < -0.39 is 0 Å². The molecule has 0 radical (unpaired) electrons. The van der Waals surface area contributed by atoms with Gasteiger partial charge in [-0.15, -0.1) is 11.3 Å². The lowest BCUT2D eigenvalue weighted by molar-refractivity contribution is 0.0625. The van der Waals surface area contributed by atoms with Crippen molar-refractivity contribution in [3.63, 3.8) is 0 Å². The van der Waals surface area contributed by atoms with E-state index >= 15 is 0 Å². The molecule has 3 heterocycles. The number of ketones is 1. The summed E-state index contributed by atoms with van der Waals surface area (Å²) in [4.78, 5) is 38.2. The van der Waals surface area contributed by atoms with Crippen molar-refractivity contribution in [1.29, 1.82) is 0 Å². The number of hydrogen-bond donors (Lipinski definition) is 0. The molecule has 0 bridgehead atoms. The number of carbonyl (C=O) groups excluding carboxylic acids is 2. The lowest BCUT2D eigenvalue weighted by Crippen LogP contribution is -2.49. The summed E-state index contributed by atoms with van der Waals surface area (Å²) in [6.07, 6.45) is 3.26. The summed E-state index contributed by atoms with van der Waals surface area (Å²) in [6.45, 7) is 3.06. The van der Waals surface area contributed by atoms with Crippen LogP contribution in [0.15, 0.2) is 48.1 Å². The predicted molar refractivity (Wildman–Crippen MR) is 101 cm³/mol. The molecule has 1 fully saturated rings. The number of amides is 1. The van der Waals surface area contributed by atoms with E-state index in [2.05, 4.69) is 14.9 Å². The highest BCUT2D eigenvalue weighted by Gasteiger charge is 2.24. The van der Waals surface area contributed by atoms with Crippen molar-refractivity contribution in [2.45, 2.75) is 0 Å². The first-order chi connectivity index (χ1) is 12.7. The maximum atomic E-state index is 12.8. The highest BCUT2D eigenvalue weighted by atomic mass is 32.1. The van der Waals surface area contributed by atoms with Crippen molar-refractivity contribution in [3.05, 3.63) is 58.5 Å². The molecule has 1 aromatic carbocycles. The molecule has 26 heavy (non-hydrogen) atoms. The fraction of sp³-hybridized carbons (Fsp3) is 0.263. The summed E-state index contributed by atoms with van der Waals surface area (Å²) in [6, 6.07) is 9.16. The molecular weight excluding hydrogens is 348 g/mol. The molecule has 6 nitrogen and oxygen atoms in total. The molecule has 4 rings (SSSR count). The van der Waals surface area contributed by atoms with E-state index in [0.29, 0.717) is 38.3 Å². The molecule has 1 amide bonds. The van der Waals surface area contributed by atoms with Crippen LogP contribution in [0.4, 0.5) is 0 Å². The van der Waals surface area contributed by atoms with Gasteiger partial charge in [-0.2, -0.15) is 0 Å². The summed E-state index contributed by atoms with van der Waals surface area (Å²) in [5.74, 6) is 0.148. The minimum atomic E-state index is 0.00165. The van der Waals surface area contributed by atoms with E-state index in [-0.39, 0.29) is 11.7 Å². The van der Waals surface area contributed by atoms with Gasteiger partial charge in [-0.05, 0) is 29.6 Å². The number of hydrogen-bond acceptors (Lipinski definition) is 6. The quantitative estimate of drug-likeness (QED) is 0.663. The Morgan fingerprint density at radius 1 is 1.00 bits per heavy atom. The zero-order valence-corrected chi connectivity index (χ0v) is 15.0. The monoisotopic (exact) mass is 366 g/mol. The Bertz CT molecular complexity index is 934. The zero-order chi connectivity index (χ0) is 17.9. The largest absolute Gasteiger partial charge is 0.336 e. The van der Waals surface area contributed by atoms with Crippen LogP contribution in [-0.2, 0) is 0 Å². The number of rotatable bonds is 4. The molecule has 1 aliphatic rings. The molecule has 3 aromatic rings. The first-order valence-corrected chi connectivity index (χ1v) is 9.38. The molecule has 0 saturated carbocycles. The van der Waals surface area contributed by atoms with Crippen molar-refractivity contribution in [2.24, 2.45) is 0 Å². The maximum Gasteiger partial charge on any atom is 0.254 e. The highest BCUT2D eigenvalue weighted by molar-refractivity contribution is 7.12. The smallest absolute Gasteiger partial charge is 0.254 e. The first-order valence-electron chi connectivity index (χ1n) is 8.50. The lowest BCUT2D eigenvalue weighted by atomic mass is 10.1. The predicted octanol–water partition coefficient (Wildman–Crippen LogP) is 2.33. The van der Waals surface area contributed by atoms with Gasteiger partial charge in [0.2, 0.25) is 0 Å². The van der Waals surface area contributed by atoms with Crippen LogP contribution < -0.4 is 0 Å². The molecule has 0 spiro atoms. The Hall–Kier alpha value is -2.64. The van der Waals surface area contributed by atoms with Crippen molar-refractivity contribution < 1.29 is 9.59 Å². The summed E-state index contributed by atoms with van der Waals surface area (Å²) < 4.78 is 0. The fourth-order valence-electron chi connectivity index (χ4n) is 3.11. The molecule has 0 N–H and O–H groups in total. The Morgan fingerprint density at radius 3 is 2.50 bits per heavy atom. The van der Waals surface area contributed by atoms with Crippen LogP contribution in [0.25, 0.3) is 11.0 Å². The van der Waals surface area contributed by atoms with Gasteiger partial charge in [0, 0.05) is 44.1 Å². The van der Waals surface area contributed by atoms with Gasteiger partial charge in [0.05, 0.1) is 22.5 Å². The Balaban J connectivity index is 1.37. The average Bonchev–Trinajstić information content (AvgIpc) is 3.23. The van der Waals surface area contributed by atoms with Crippen molar-refractivity contribution >= 4 is 34.1 Å². The fourth-order valence-corrected chi connectivity index (χ4v) is 3.76. The number of nitrogens with zero attached hydrogens (tertiary/aromatic N) is 4. The second-order valence-electron chi connectivity index (χ2n) is 6.23. The van der Waals surface area contributed by atoms with Gasteiger partial charge in [-0.1, -0.05) is 6.07 Å². The van der Waals surface area contributed by atoms with E-state index in [0.717, 1.165) is 15.9 Å². The SMILES string of the molecule is O=C(CN1CCN(C(=O)c2ccc3nccnc3c2)CC1)c1cccs1. The number of piperazine rings is 1. The molecular formula is C19H18N4O2S. The second kappa shape index (κ2) is 7.31. The number of Topliss-reactive ketones (excluding diaryl/α,β-unsaturated/α-hetero) is 1. The van der Waals surface area contributed by atoms with Gasteiger partial charge < -0.3 is 4.90 Å². The molecule has 0 atom stereocenters. The van der Waals surface area contributed by atoms with Gasteiger partial charge in [0.1, 0.15) is 0 Å². The number of thiophene rings is 1. The van der Waals surface area contributed by atoms with Gasteiger partial charge >= 0.3 is 0 Å². The summed E-state index contributed by atoms with van der Waals surface area (Å²) >= 11 is 1.47. The molecule has 132 valence electrons. The Kier molecular flexibility index (Phi) is 4.73. The van der Waals surface area contributed by atoms with Crippen LogP contribution in [0.3, 0.4) is 0 Å². The van der Waals surface area contributed by atoms with Gasteiger partial charge in [0.15, 0.2) is 5.78 Å².